The highest BCUT2D eigenvalue weighted by Crippen LogP contribution is 2.23. The number of aryl methyl sites for hydroxylation is 2. The van der Waals surface area contributed by atoms with Gasteiger partial charge in [0, 0.05) is 29.4 Å². The van der Waals surface area contributed by atoms with Crippen molar-refractivity contribution in [3.8, 4) is 0 Å². The number of carbonyl (C=O) groups is 1. The monoisotopic (exact) mass is 279 g/mol. The van der Waals surface area contributed by atoms with Crippen LogP contribution in [-0.4, -0.2) is 15.6 Å². The van der Waals surface area contributed by atoms with Gasteiger partial charge in [0.25, 0.3) is 5.56 Å². The van der Waals surface area contributed by atoms with Crippen LogP contribution in [0.2, 0.25) is 5.02 Å². The Morgan fingerprint density at radius 3 is 2.74 bits per heavy atom. The van der Waals surface area contributed by atoms with Gasteiger partial charge in [-0.1, -0.05) is 17.7 Å². The fraction of sp³-hybridized carbons (Fsp3) is 0.286. The number of aromatic nitrogens is 1. The molecule has 0 amide bonds. The molecule has 0 saturated heterocycles. The molecule has 0 fully saturated rings. The maximum absolute atomic E-state index is 12.3. The van der Waals surface area contributed by atoms with Gasteiger partial charge in [-0.25, -0.2) is 0 Å². The molecule has 19 heavy (non-hydrogen) atoms. The molecule has 1 aromatic carbocycles. The van der Waals surface area contributed by atoms with Crippen LogP contribution in [-0.2, 0) is 18.3 Å². The number of carboxylic acids is 1. The lowest BCUT2D eigenvalue weighted by molar-refractivity contribution is -0.136. The summed E-state index contributed by atoms with van der Waals surface area (Å²) in [4.78, 5) is 22.9. The number of rotatable bonds is 3. The Morgan fingerprint density at radius 2 is 2.11 bits per heavy atom. The van der Waals surface area contributed by atoms with Gasteiger partial charge in [0.1, 0.15) is 0 Å². The Hall–Kier alpha value is -1.81. The smallest absolute Gasteiger partial charge is 0.303 e. The first-order chi connectivity index (χ1) is 8.91. The van der Waals surface area contributed by atoms with Crippen molar-refractivity contribution in [1.82, 2.24) is 4.57 Å². The number of aliphatic carboxylic acids is 1. The lowest BCUT2D eigenvalue weighted by Gasteiger charge is -2.12. The molecule has 0 aliphatic rings. The van der Waals surface area contributed by atoms with Crippen LogP contribution in [0.1, 0.15) is 17.5 Å². The molecule has 0 bridgehead atoms. The van der Waals surface area contributed by atoms with E-state index in [1.54, 1.807) is 19.2 Å². The van der Waals surface area contributed by atoms with Gasteiger partial charge in [0.05, 0.1) is 5.52 Å². The standard InChI is InChI=1S/C14H14ClNO3/c1-8-10-4-3-9(15)7-12(10)16(2)14(19)11(8)5-6-13(17)18/h3-4,7H,5-6H2,1-2H3,(H,17,18). The SMILES string of the molecule is Cc1c(CCC(=O)O)c(=O)n(C)c2cc(Cl)ccc12. The molecule has 5 heteroatoms. The molecule has 2 rings (SSSR count). The highest BCUT2D eigenvalue weighted by Gasteiger charge is 2.13. The van der Waals surface area contributed by atoms with E-state index in [9.17, 15) is 9.59 Å². The fourth-order valence-corrected chi connectivity index (χ4v) is 2.43. The Morgan fingerprint density at radius 1 is 1.42 bits per heavy atom. The number of carboxylic acid groups (broad SMARTS) is 1. The first-order valence-corrected chi connectivity index (χ1v) is 6.29. The minimum absolute atomic E-state index is 0.0465. The van der Waals surface area contributed by atoms with Crippen LogP contribution in [0.25, 0.3) is 10.9 Å². The van der Waals surface area contributed by atoms with Gasteiger partial charge < -0.3 is 9.67 Å². The van der Waals surface area contributed by atoms with Crippen molar-refractivity contribution in [2.45, 2.75) is 19.8 Å². The summed E-state index contributed by atoms with van der Waals surface area (Å²) in [6.45, 7) is 1.84. The average Bonchev–Trinajstić information content (AvgIpc) is 2.35. The number of halogens is 1. The van der Waals surface area contributed by atoms with E-state index in [1.807, 2.05) is 13.0 Å². The lowest BCUT2D eigenvalue weighted by atomic mass is 10.0. The zero-order valence-electron chi connectivity index (χ0n) is 10.7. The normalized spacial score (nSPS) is 10.9. The average molecular weight is 280 g/mol. The van der Waals surface area contributed by atoms with E-state index in [4.69, 9.17) is 16.7 Å². The van der Waals surface area contributed by atoms with Gasteiger partial charge in [0.15, 0.2) is 0 Å². The van der Waals surface area contributed by atoms with Crippen LogP contribution < -0.4 is 5.56 Å². The maximum atomic E-state index is 12.3. The van der Waals surface area contributed by atoms with Gasteiger partial charge in [-0.2, -0.15) is 0 Å². The number of fused-ring (bicyclic) bond motifs is 1. The van der Waals surface area contributed by atoms with E-state index in [2.05, 4.69) is 0 Å². The summed E-state index contributed by atoms with van der Waals surface area (Å²) in [7, 11) is 1.67. The third kappa shape index (κ3) is 2.49. The lowest BCUT2D eigenvalue weighted by Crippen LogP contribution is -2.23. The van der Waals surface area contributed by atoms with E-state index in [0.717, 1.165) is 16.5 Å². The van der Waals surface area contributed by atoms with E-state index in [1.165, 1.54) is 4.57 Å². The predicted molar refractivity (Wildman–Crippen MR) is 74.9 cm³/mol. The second kappa shape index (κ2) is 5.05. The molecule has 4 nitrogen and oxygen atoms in total. The number of pyridine rings is 1. The topological polar surface area (TPSA) is 59.3 Å². The number of nitrogens with zero attached hydrogens (tertiary/aromatic N) is 1. The second-order valence-electron chi connectivity index (χ2n) is 4.52. The first kappa shape index (κ1) is 13.6. The molecule has 1 N–H and O–H groups in total. The van der Waals surface area contributed by atoms with Crippen molar-refractivity contribution in [3.05, 3.63) is 44.7 Å². The Balaban J connectivity index is 2.70. The van der Waals surface area contributed by atoms with Crippen LogP contribution in [0.5, 0.6) is 0 Å². The summed E-state index contributed by atoms with van der Waals surface area (Å²) in [6, 6.07) is 5.37. The second-order valence-corrected chi connectivity index (χ2v) is 4.96. The van der Waals surface area contributed by atoms with Crippen LogP contribution in [0, 0.1) is 6.92 Å². The quantitative estimate of drug-likeness (QED) is 0.939. The molecule has 0 saturated carbocycles. The van der Waals surface area contributed by atoms with Crippen LogP contribution in [0.15, 0.2) is 23.0 Å². The van der Waals surface area contributed by atoms with Crippen molar-refractivity contribution in [2.24, 2.45) is 7.05 Å². The third-order valence-corrected chi connectivity index (χ3v) is 3.56. The Labute approximate surface area is 115 Å². The fourth-order valence-electron chi connectivity index (χ4n) is 2.26. The van der Waals surface area contributed by atoms with Gasteiger partial charge in [0.2, 0.25) is 0 Å². The van der Waals surface area contributed by atoms with E-state index in [-0.39, 0.29) is 18.4 Å². The summed E-state index contributed by atoms with van der Waals surface area (Å²) in [5.41, 5.74) is 1.98. The van der Waals surface area contributed by atoms with Gasteiger partial charge in [-0.05, 0) is 31.0 Å². The van der Waals surface area contributed by atoms with Crippen LogP contribution in [0.3, 0.4) is 0 Å². The molecule has 0 atom stereocenters. The first-order valence-electron chi connectivity index (χ1n) is 5.91. The summed E-state index contributed by atoms with van der Waals surface area (Å²) >= 11 is 5.94. The molecule has 0 radical (unpaired) electrons. The van der Waals surface area contributed by atoms with Crippen molar-refractivity contribution in [2.75, 3.05) is 0 Å². The molecular formula is C14H14ClNO3. The highest BCUT2D eigenvalue weighted by molar-refractivity contribution is 6.31. The third-order valence-electron chi connectivity index (χ3n) is 3.33. The van der Waals surface area contributed by atoms with Crippen LogP contribution >= 0.6 is 11.6 Å². The molecule has 100 valence electrons. The molecule has 0 aliphatic heterocycles. The molecule has 0 aliphatic carbocycles. The predicted octanol–water partition coefficient (Wildman–Crippen LogP) is 2.52. The Kier molecular flexibility index (Phi) is 3.62. The van der Waals surface area contributed by atoms with E-state index in [0.29, 0.717) is 10.6 Å². The van der Waals surface area contributed by atoms with Gasteiger partial charge >= 0.3 is 5.97 Å². The van der Waals surface area contributed by atoms with E-state index >= 15 is 0 Å². The zero-order chi connectivity index (χ0) is 14.2. The van der Waals surface area contributed by atoms with Gasteiger partial charge in [-0.3, -0.25) is 9.59 Å². The number of hydrogen-bond donors (Lipinski definition) is 1. The Bertz CT molecular complexity index is 719. The van der Waals surface area contributed by atoms with E-state index < -0.39 is 5.97 Å². The van der Waals surface area contributed by atoms with Crippen molar-refractivity contribution in [1.29, 1.82) is 0 Å². The largest absolute Gasteiger partial charge is 0.481 e. The summed E-state index contributed by atoms with van der Waals surface area (Å²) in [5.74, 6) is -0.905. The summed E-state index contributed by atoms with van der Waals surface area (Å²) in [5, 5.41) is 10.2. The number of benzene rings is 1. The minimum Gasteiger partial charge on any atom is -0.481 e. The number of hydrogen-bond acceptors (Lipinski definition) is 2. The summed E-state index contributed by atoms with van der Waals surface area (Å²) < 4.78 is 1.52. The molecule has 2 aromatic rings. The maximum Gasteiger partial charge on any atom is 0.303 e. The zero-order valence-corrected chi connectivity index (χ0v) is 11.5. The summed E-state index contributed by atoms with van der Waals surface area (Å²) in [6.07, 6.45) is 0.196. The van der Waals surface area contributed by atoms with Gasteiger partial charge in [-0.15, -0.1) is 0 Å². The van der Waals surface area contributed by atoms with Crippen molar-refractivity contribution >= 4 is 28.5 Å². The molecule has 0 unspecified atom stereocenters. The molecule has 1 aromatic heterocycles. The van der Waals surface area contributed by atoms with Crippen molar-refractivity contribution in [3.63, 3.8) is 0 Å². The van der Waals surface area contributed by atoms with Crippen molar-refractivity contribution < 1.29 is 9.90 Å². The molecule has 1 heterocycles. The molecular weight excluding hydrogens is 266 g/mol. The molecule has 0 spiro atoms. The highest BCUT2D eigenvalue weighted by atomic mass is 35.5. The van der Waals surface area contributed by atoms with Crippen LogP contribution in [0.4, 0.5) is 0 Å². The minimum atomic E-state index is -0.905.